The number of quaternary nitrogens is 1. The molecule has 5 rings (SSSR count). The van der Waals surface area contributed by atoms with Crippen molar-refractivity contribution in [1.82, 2.24) is 19.8 Å². The van der Waals surface area contributed by atoms with Crippen molar-refractivity contribution in [2.75, 3.05) is 26.2 Å². The number of nitrogens with zero attached hydrogens (tertiary/aromatic N) is 4. The van der Waals surface area contributed by atoms with Gasteiger partial charge in [0.05, 0.1) is 42.4 Å². The van der Waals surface area contributed by atoms with Crippen molar-refractivity contribution in [3.63, 3.8) is 0 Å². The Hall–Kier alpha value is -2.97. The van der Waals surface area contributed by atoms with Crippen molar-refractivity contribution in [1.29, 1.82) is 0 Å². The van der Waals surface area contributed by atoms with Crippen LogP contribution in [-0.4, -0.2) is 51.9 Å². The minimum absolute atomic E-state index is 0.117. The molecule has 0 saturated carbocycles. The van der Waals surface area contributed by atoms with Crippen LogP contribution in [0, 0.1) is 13.8 Å². The third-order valence-electron chi connectivity index (χ3n) is 5.62. The second-order valence-corrected chi connectivity index (χ2v) is 8.84. The Morgan fingerprint density at radius 3 is 2.63 bits per heavy atom. The Morgan fingerprint density at radius 1 is 1.17 bits per heavy atom. The first-order valence-corrected chi connectivity index (χ1v) is 11.0. The van der Waals surface area contributed by atoms with E-state index < -0.39 is 0 Å². The third-order valence-corrected chi connectivity index (χ3v) is 6.72. The normalized spacial score (nSPS) is 15.2. The number of fused-ring (bicyclic) bond motifs is 1. The van der Waals surface area contributed by atoms with E-state index in [2.05, 4.69) is 10.3 Å². The number of para-hydroxylation sites is 1. The summed E-state index contributed by atoms with van der Waals surface area (Å²) in [5, 5.41) is 9.81. The van der Waals surface area contributed by atoms with Gasteiger partial charge in [0.1, 0.15) is 22.8 Å². The number of amides is 1. The minimum Gasteiger partial charge on any atom is -0.361 e. The molecule has 4 aromatic rings. The van der Waals surface area contributed by atoms with E-state index in [0.29, 0.717) is 0 Å². The molecular weight excluding hydrogens is 398 g/mol. The summed E-state index contributed by atoms with van der Waals surface area (Å²) in [5.74, 6) is 0.957. The van der Waals surface area contributed by atoms with Gasteiger partial charge in [-0.1, -0.05) is 23.4 Å². The Balaban J connectivity index is 1.31. The Bertz CT molecular complexity index is 1190. The van der Waals surface area contributed by atoms with Crippen molar-refractivity contribution in [2.45, 2.75) is 20.4 Å². The lowest BCUT2D eigenvalue weighted by atomic mass is 10.2. The second kappa shape index (κ2) is 7.70. The molecule has 0 unspecified atom stereocenters. The van der Waals surface area contributed by atoms with Crippen LogP contribution in [0.2, 0.25) is 0 Å². The zero-order chi connectivity index (χ0) is 20.7. The fraction of sp³-hybridized carbons (Fsp3) is 0.318. The number of hydrogen-bond acceptors (Lipinski definition) is 5. The van der Waals surface area contributed by atoms with Crippen molar-refractivity contribution in [3.05, 3.63) is 64.5 Å². The van der Waals surface area contributed by atoms with Crippen LogP contribution in [0.25, 0.3) is 15.9 Å². The average molecular weight is 423 g/mol. The maximum atomic E-state index is 13.2. The number of aromatic nitrogens is 3. The predicted molar refractivity (Wildman–Crippen MR) is 115 cm³/mol. The Labute approximate surface area is 178 Å². The molecule has 0 spiro atoms. The second-order valence-electron chi connectivity index (χ2n) is 7.81. The van der Waals surface area contributed by atoms with Gasteiger partial charge in [-0.05, 0) is 32.0 Å². The molecule has 1 aromatic carbocycles. The summed E-state index contributed by atoms with van der Waals surface area (Å²) in [5.41, 5.74) is 2.94. The number of nitrogens with one attached hydrogen (secondary N) is 1. The van der Waals surface area contributed by atoms with Gasteiger partial charge >= 0.3 is 0 Å². The van der Waals surface area contributed by atoms with Gasteiger partial charge in [-0.25, -0.2) is 4.68 Å². The Morgan fingerprint density at radius 2 is 1.93 bits per heavy atom. The lowest BCUT2D eigenvalue weighted by Gasteiger charge is -2.31. The highest BCUT2D eigenvalue weighted by Gasteiger charge is 2.27. The van der Waals surface area contributed by atoms with Crippen LogP contribution in [-0.2, 0) is 6.54 Å². The van der Waals surface area contributed by atoms with Gasteiger partial charge in [-0.15, -0.1) is 11.3 Å². The zero-order valence-corrected chi connectivity index (χ0v) is 17.9. The number of rotatable bonds is 4. The quantitative estimate of drug-likeness (QED) is 0.548. The smallest absolute Gasteiger partial charge is 0.264 e. The summed E-state index contributed by atoms with van der Waals surface area (Å²) in [6, 6.07) is 14.0. The molecule has 1 N–H and O–H groups in total. The highest BCUT2D eigenvalue weighted by molar-refractivity contribution is 7.20. The summed E-state index contributed by atoms with van der Waals surface area (Å²) in [6.45, 7) is 8.09. The molecule has 0 atom stereocenters. The highest BCUT2D eigenvalue weighted by Crippen LogP contribution is 2.31. The molecule has 1 amide bonds. The largest absolute Gasteiger partial charge is 0.361 e. The molecule has 154 valence electrons. The van der Waals surface area contributed by atoms with E-state index in [1.807, 2.05) is 65.9 Å². The molecule has 7 nitrogen and oxygen atoms in total. The highest BCUT2D eigenvalue weighted by atomic mass is 32.1. The number of hydrogen-bond donors (Lipinski definition) is 1. The van der Waals surface area contributed by atoms with Crippen LogP contribution >= 0.6 is 11.3 Å². The fourth-order valence-corrected chi connectivity index (χ4v) is 5.16. The first-order valence-electron chi connectivity index (χ1n) is 10.2. The maximum absolute atomic E-state index is 13.2. The summed E-state index contributed by atoms with van der Waals surface area (Å²) in [7, 11) is 0. The van der Waals surface area contributed by atoms with Gasteiger partial charge < -0.3 is 14.3 Å². The SMILES string of the molecule is Cc1cc(C[NH+]2CCN(C(=O)c3cc4c(C)nn(-c5ccccc5)c4s3)CC2)no1. The van der Waals surface area contributed by atoms with Crippen molar-refractivity contribution in [3.8, 4) is 5.69 Å². The van der Waals surface area contributed by atoms with Crippen LogP contribution < -0.4 is 4.90 Å². The lowest BCUT2D eigenvalue weighted by Crippen LogP contribution is -3.13. The van der Waals surface area contributed by atoms with Crippen LogP contribution in [0.4, 0.5) is 0 Å². The molecule has 8 heteroatoms. The molecule has 4 heterocycles. The minimum atomic E-state index is 0.117. The summed E-state index contributed by atoms with van der Waals surface area (Å²) in [4.78, 5) is 18.4. The first-order chi connectivity index (χ1) is 14.6. The fourth-order valence-electron chi connectivity index (χ4n) is 4.01. The number of benzene rings is 1. The van der Waals surface area contributed by atoms with Gasteiger partial charge in [-0.3, -0.25) is 4.79 Å². The molecule has 1 saturated heterocycles. The van der Waals surface area contributed by atoms with E-state index in [9.17, 15) is 4.79 Å². The van der Waals surface area contributed by atoms with E-state index >= 15 is 0 Å². The van der Waals surface area contributed by atoms with Gasteiger partial charge in [-0.2, -0.15) is 5.10 Å². The van der Waals surface area contributed by atoms with Crippen molar-refractivity contribution < 1.29 is 14.2 Å². The third kappa shape index (κ3) is 3.53. The van der Waals surface area contributed by atoms with E-state index in [4.69, 9.17) is 4.52 Å². The summed E-state index contributed by atoms with van der Waals surface area (Å²) >= 11 is 1.53. The zero-order valence-electron chi connectivity index (χ0n) is 17.1. The van der Waals surface area contributed by atoms with Gasteiger partial charge in [0.15, 0.2) is 0 Å². The average Bonchev–Trinajstić information content (AvgIpc) is 3.45. The lowest BCUT2D eigenvalue weighted by molar-refractivity contribution is -0.917. The van der Waals surface area contributed by atoms with Gasteiger partial charge in [0.2, 0.25) is 0 Å². The van der Waals surface area contributed by atoms with Crippen LogP contribution in [0.3, 0.4) is 0 Å². The molecule has 1 aliphatic heterocycles. The number of thiophene rings is 1. The van der Waals surface area contributed by atoms with E-state index in [0.717, 1.165) is 70.7 Å². The first kappa shape index (κ1) is 19.0. The number of piperazine rings is 1. The standard InChI is InChI=1S/C22H23N5O2S/c1-15-12-17(24-29-15)14-25-8-10-26(11-9-25)21(28)20-13-19-16(2)23-27(22(19)30-20)18-6-4-3-5-7-18/h3-7,12-13H,8-11,14H2,1-2H3/p+1. The van der Waals surface area contributed by atoms with Crippen LogP contribution in [0.15, 0.2) is 47.0 Å². The molecular formula is C22H24N5O2S+. The summed E-state index contributed by atoms with van der Waals surface area (Å²) in [6.07, 6.45) is 0. The topological polar surface area (TPSA) is 68.6 Å². The van der Waals surface area contributed by atoms with E-state index in [1.165, 1.54) is 16.2 Å². The van der Waals surface area contributed by atoms with E-state index in [-0.39, 0.29) is 5.91 Å². The molecule has 1 fully saturated rings. The van der Waals surface area contributed by atoms with Gasteiger partial charge in [0.25, 0.3) is 5.91 Å². The van der Waals surface area contributed by atoms with Crippen LogP contribution in [0.1, 0.15) is 26.8 Å². The monoisotopic (exact) mass is 422 g/mol. The number of carbonyl (C=O) groups is 1. The van der Waals surface area contributed by atoms with E-state index in [1.54, 1.807) is 0 Å². The maximum Gasteiger partial charge on any atom is 0.264 e. The molecule has 0 radical (unpaired) electrons. The Kier molecular flexibility index (Phi) is 4.88. The number of carbonyl (C=O) groups excluding carboxylic acids is 1. The van der Waals surface area contributed by atoms with Crippen molar-refractivity contribution >= 4 is 27.5 Å². The summed E-state index contributed by atoms with van der Waals surface area (Å²) < 4.78 is 7.10. The predicted octanol–water partition coefficient (Wildman–Crippen LogP) is 2.23. The van der Waals surface area contributed by atoms with Crippen LogP contribution in [0.5, 0.6) is 0 Å². The molecule has 0 aliphatic carbocycles. The molecule has 30 heavy (non-hydrogen) atoms. The molecule has 1 aliphatic rings. The molecule has 3 aromatic heterocycles. The van der Waals surface area contributed by atoms with Crippen molar-refractivity contribution in [2.24, 2.45) is 0 Å². The van der Waals surface area contributed by atoms with Gasteiger partial charge in [0, 0.05) is 11.5 Å². The number of aryl methyl sites for hydroxylation is 2. The molecule has 0 bridgehead atoms.